The maximum Gasteiger partial charge on any atom is 0.251 e. The van der Waals surface area contributed by atoms with Crippen molar-refractivity contribution in [3.05, 3.63) is 88.0 Å². The molecule has 2 atom stereocenters. The second kappa shape index (κ2) is 15.5. The van der Waals surface area contributed by atoms with Crippen molar-refractivity contribution in [1.82, 2.24) is 38.8 Å². The van der Waals surface area contributed by atoms with E-state index in [1.807, 2.05) is 29.9 Å². The highest BCUT2D eigenvalue weighted by Crippen LogP contribution is 2.35. The number of anilines is 1. The summed E-state index contributed by atoms with van der Waals surface area (Å²) < 4.78 is 32.5. The van der Waals surface area contributed by atoms with Crippen LogP contribution in [-0.4, -0.2) is 92.5 Å². The van der Waals surface area contributed by atoms with Crippen molar-refractivity contribution < 1.29 is 18.0 Å². The molecule has 0 bridgehead atoms. The number of imide groups is 1. The lowest BCUT2D eigenvalue weighted by atomic mass is 9.87. The number of rotatable bonds is 10. The van der Waals surface area contributed by atoms with Crippen LogP contribution in [0.5, 0.6) is 0 Å². The normalized spacial score (nSPS) is 20.1. The summed E-state index contributed by atoms with van der Waals surface area (Å²) in [5, 5.41) is 12.3. The first-order valence-electron chi connectivity index (χ1n) is 19.6. The fraction of sp³-hybridized carbons (Fsp3) is 0.463. The zero-order chi connectivity index (χ0) is 39.1. The first-order chi connectivity index (χ1) is 26.9. The van der Waals surface area contributed by atoms with Gasteiger partial charge in [0.15, 0.2) is 0 Å². The molecule has 6 heterocycles. The van der Waals surface area contributed by atoms with Crippen LogP contribution < -0.4 is 16.2 Å². The predicted octanol–water partition coefficient (Wildman–Crippen LogP) is 4.06. The van der Waals surface area contributed by atoms with Gasteiger partial charge in [-0.2, -0.15) is 14.4 Å². The molecule has 3 fully saturated rings. The molecule has 2 N–H and O–H groups in total. The van der Waals surface area contributed by atoms with Gasteiger partial charge in [0.05, 0.1) is 22.0 Å². The maximum atomic E-state index is 13.8. The molecule has 0 aliphatic carbocycles. The van der Waals surface area contributed by atoms with E-state index in [1.54, 1.807) is 29.7 Å². The number of aromatic nitrogens is 5. The quantitative estimate of drug-likeness (QED) is 0.198. The standard InChI is InChI=1S/C41H49N9O5S/c1-26(25-49-17-13-28(14-18-49)29-7-9-33-35(23-29)48(3)46-38(33)34-10-11-36(51)44-40(34)53)21-27-5-4-6-32(22-27)56(54,55)50-19-15-31(16-20-50)43-41-42-24-30-8-12-37(52)47(2)39(30)45-41/h4-9,12,22-24,26,28,31,34H,10-11,13-21,25H2,1-3H3,(H,42,43,45)(H,44,51,53). The molecule has 2 unspecified atom stereocenters. The molecular formula is C41H49N9O5S. The fourth-order valence-corrected chi connectivity index (χ4v) is 10.3. The smallest absolute Gasteiger partial charge is 0.251 e. The average Bonchev–Trinajstić information content (AvgIpc) is 3.52. The van der Waals surface area contributed by atoms with Crippen molar-refractivity contribution in [1.29, 1.82) is 0 Å². The van der Waals surface area contributed by atoms with Gasteiger partial charge in [-0.1, -0.05) is 31.2 Å². The Morgan fingerprint density at radius 3 is 2.48 bits per heavy atom. The van der Waals surface area contributed by atoms with E-state index >= 15 is 0 Å². The summed E-state index contributed by atoms with van der Waals surface area (Å²) in [4.78, 5) is 48.1. The largest absolute Gasteiger partial charge is 0.351 e. The van der Waals surface area contributed by atoms with Gasteiger partial charge in [0.25, 0.3) is 5.56 Å². The van der Waals surface area contributed by atoms with Gasteiger partial charge in [-0.15, -0.1) is 0 Å². The molecule has 0 saturated carbocycles. The Labute approximate surface area is 326 Å². The number of nitrogens with one attached hydrogen (secondary N) is 2. The molecule has 3 saturated heterocycles. The SMILES string of the molecule is CC(Cc1cccc(S(=O)(=O)N2CCC(Nc3ncc4ccc(=O)n(C)c4n3)CC2)c1)CN1CCC(c2ccc3c(C4CCC(=O)NC4=O)nn(C)c3c2)CC1. The number of aryl methyl sites for hydroxylation is 2. The molecule has 294 valence electrons. The average molecular weight is 780 g/mol. The number of amides is 2. The summed E-state index contributed by atoms with van der Waals surface area (Å²) in [6, 6.07) is 17.1. The maximum absolute atomic E-state index is 13.8. The Morgan fingerprint density at radius 2 is 1.71 bits per heavy atom. The van der Waals surface area contributed by atoms with Crippen LogP contribution in [0.15, 0.2) is 70.5 Å². The molecule has 5 aromatic rings. The molecular weight excluding hydrogens is 731 g/mol. The molecule has 2 aromatic carbocycles. The van der Waals surface area contributed by atoms with E-state index in [0.29, 0.717) is 67.1 Å². The molecule has 56 heavy (non-hydrogen) atoms. The van der Waals surface area contributed by atoms with Crippen molar-refractivity contribution in [3.63, 3.8) is 0 Å². The zero-order valence-corrected chi connectivity index (χ0v) is 33.0. The number of carbonyl (C=O) groups is 2. The van der Waals surface area contributed by atoms with Crippen LogP contribution in [0, 0.1) is 5.92 Å². The van der Waals surface area contributed by atoms with E-state index in [4.69, 9.17) is 5.10 Å². The van der Waals surface area contributed by atoms with Crippen molar-refractivity contribution in [2.75, 3.05) is 38.0 Å². The van der Waals surface area contributed by atoms with E-state index in [-0.39, 0.29) is 23.4 Å². The van der Waals surface area contributed by atoms with Crippen molar-refractivity contribution in [2.24, 2.45) is 20.0 Å². The Hall–Kier alpha value is -4.99. The van der Waals surface area contributed by atoms with Gasteiger partial charge in [-0.25, -0.2) is 13.4 Å². The lowest BCUT2D eigenvalue weighted by molar-refractivity contribution is -0.134. The number of carbonyl (C=O) groups excluding carboxylic acids is 2. The minimum atomic E-state index is -3.65. The number of pyridine rings is 1. The number of piperidine rings is 3. The summed E-state index contributed by atoms with van der Waals surface area (Å²) in [5.41, 5.74) is 4.47. The summed E-state index contributed by atoms with van der Waals surface area (Å²) >= 11 is 0. The van der Waals surface area contributed by atoms with E-state index in [9.17, 15) is 22.8 Å². The second-order valence-electron chi connectivity index (χ2n) is 15.8. The summed E-state index contributed by atoms with van der Waals surface area (Å²) in [6.07, 6.45) is 6.62. The molecule has 8 rings (SSSR count). The van der Waals surface area contributed by atoms with Crippen LogP contribution in [0.2, 0.25) is 0 Å². The van der Waals surface area contributed by atoms with Crippen molar-refractivity contribution in [3.8, 4) is 0 Å². The van der Waals surface area contributed by atoms with Crippen LogP contribution in [0.4, 0.5) is 5.95 Å². The van der Waals surface area contributed by atoms with E-state index in [2.05, 4.69) is 50.6 Å². The summed E-state index contributed by atoms with van der Waals surface area (Å²) in [7, 11) is -0.0568. The molecule has 2 amide bonds. The van der Waals surface area contributed by atoms with Gasteiger partial charge in [0.2, 0.25) is 27.8 Å². The monoisotopic (exact) mass is 779 g/mol. The van der Waals surface area contributed by atoms with Crippen LogP contribution in [0.3, 0.4) is 0 Å². The highest BCUT2D eigenvalue weighted by Gasteiger charge is 2.33. The van der Waals surface area contributed by atoms with Gasteiger partial charge < -0.3 is 10.2 Å². The minimum absolute atomic E-state index is 0.0154. The number of fused-ring (bicyclic) bond motifs is 2. The minimum Gasteiger partial charge on any atom is -0.351 e. The number of nitrogens with zero attached hydrogens (tertiary/aromatic N) is 7. The highest BCUT2D eigenvalue weighted by molar-refractivity contribution is 7.89. The molecule has 3 aliphatic rings. The molecule has 15 heteroatoms. The Morgan fingerprint density at radius 1 is 0.929 bits per heavy atom. The van der Waals surface area contributed by atoms with E-state index in [0.717, 1.165) is 66.4 Å². The fourth-order valence-electron chi connectivity index (χ4n) is 8.74. The number of hydrogen-bond acceptors (Lipinski definition) is 10. The molecule has 3 aliphatic heterocycles. The van der Waals surface area contributed by atoms with Crippen LogP contribution >= 0.6 is 0 Å². The number of sulfonamides is 1. The summed E-state index contributed by atoms with van der Waals surface area (Å²) in [5.74, 6) is 0.313. The molecule has 14 nitrogen and oxygen atoms in total. The molecule has 0 radical (unpaired) electrons. The van der Waals surface area contributed by atoms with Crippen molar-refractivity contribution in [2.45, 2.75) is 74.6 Å². The van der Waals surface area contributed by atoms with Crippen LogP contribution in [0.1, 0.15) is 74.1 Å². The summed E-state index contributed by atoms with van der Waals surface area (Å²) in [6.45, 7) is 5.94. The molecule has 3 aromatic heterocycles. The van der Waals surface area contributed by atoms with Crippen LogP contribution in [0.25, 0.3) is 21.9 Å². The Bertz CT molecular complexity index is 2460. The third-order valence-corrected chi connectivity index (χ3v) is 13.8. The lowest BCUT2D eigenvalue weighted by Gasteiger charge is -2.34. The Balaban J connectivity index is 0.829. The number of hydrogen-bond donors (Lipinski definition) is 2. The van der Waals surface area contributed by atoms with E-state index < -0.39 is 15.9 Å². The van der Waals surface area contributed by atoms with Gasteiger partial charge in [0.1, 0.15) is 5.65 Å². The zero-order valence-electron chi connectivity index (χ0n) is 32.1. The topological polar surface area (TPSA) is 164 Å². The second-order valence-corrected chi connectivity index (χ2v) is 17.8. The van der Waals surface area contributed by atoms with Gasteiger partial charge in [0, 0.05) is 69.2 Å². The predicted molar refractivity (Wildman–Crippen MR) is 214 cm³/mol. The number of likely N-dealkylation sites (tertiary alicyclic amines) is 1. The van der Waals surface area contributed by atoms with Gasteiger partial charge in [-0.05, 0) is 98.8 Å². The van der Waals surface area contributed by atoms with Crippen molar-refractivity contribution >= 4 is 49.7 Å². The van der Waals surface area contributed by atoms with Gasteiger partial charge in [-0.3, -0.25) is 28.9 Å². The van der Waals surface area contributed by atoms with Gasteiger partial charge >= 0.3 is 0 Å². The first-order valence-corrected chi connectivity index (χ1v) is 21.1. The van der Waals surface area contributed by atoms with Crippen LogP contribution in [-0.2, 0) is 40.1 Å². The molecule has 0 spiro atoms. The lowest BCUT2D eigenvalue weighted by Crippen LogP contribution is -2.42. The first kappa shape index (κ1) is 37.9. The van der Waals surface area contributed by atoms with E-state index in [1.165, 1.54) is 16.2 Å². The third-order valence-electron chi connectivity index (χ3n) is 11.9. The Kier molecular flexibility index (Phi) is 10.5. The highest BCUT2D eigenvalue weighted by atomic mass is 32.2. The number of benzene rings is 2. The third kappa shape index (κ3) is 7.71.